The molecular formula is C30H32ClN3O3. The molecule has 0 fully saturated rings. The quantitative estimate of drug-likeness (QED) is 0.267. The highest BCUT2D eigenvalue weighted by atomic mass is 35.5. The minimum Gasteiger partial charge on any atom is -0.496 e. The molecule has 0 aliphatic carbocycles. The third-order valence-corrected chi connectivity index (χ3v) is 6.68. The number of nitrogens with zero attached hydrogens (tertiary/aromatic N) is 2. The standard InChI is InChI=1S/C30H32ClN3O3/c1-3-17-34(30(36)22-12-14-25(31)15-13-22)21-29(35)33(20-24-8-4-7-11-28(24)37-2)18-16-23-19-32-27-10-6-5-9-26(23)27/h4-15,19,32H,3,16-18,20-21H2,1-2H3. The number of hydrogen-bond donors (Lipinski definition) is 1. The number of para-hydroxylation sites is 2. The molecule has 37 heavy (non-hydrogen) atoms. The maximum atomic E-state index is 13.7. The zero-order valence-electron chi connectivity index (χ0n) is 21.2. The molecule has 1 aromatic heterocycles. The summed E-state index contributed by atoms with van der Waals surface area (Å²) >= 11 is 6.00. The molecule has 1 heterocycles. The lowest BCUT2D eigenvalue weighted by atomic mass is 10.1. The van der Waals surface area contributed by atoms with Gasteiger partial charge in [0, 0.05) is 52.9 Å². The Labute approximate surface area is 222 Å². The molecule has 6 nitrogen and oxygen atoms in total. The number of methoxy groups -OCH3 is 1. The van der Waals surface area contributed by atoms with Gasteiger partial charge in [-0.2, -0.15) is 0 Å². The average molecular weight is 518 g/mol. The summed E-state index contributed by atoms with van der Waals surface area (Å²) in [5.41, 5.74) is 3.66. The molecule has 0 saturated heterocycles. The zero-order chi connectivity index (χ0) is 26.2. The van der Waals surface area contributed by atoms with E-state index in [4.69, 9.17) is 16.3 Å². The minimum atomic E-state index is -0.180. The number of hydrogen-bond acceptors (Lipinski definition) is 3. The van der Waals surface area contributed by atoms with E-state index in [1.54, 1.807) is 36.3 Å². The van der Waals surface area contributed by atoms with Gasteiger partial charge < -0.3 is 19.5 Å². The van der Waals surface area contributed by atoms with Crippen molar-refractivity contribution in [2.45, 2.75) is 26.3 Å². The molecule has 7 heteroatoms. The summed E-state index contributed by atoms with van der Waals surface area (Å²) in [6.07, 6.45) is 3.43. The summed E-state index contributed by atoms with van der Waals surface area (Å²) in [7, 11) is 1.63. The predicted molar refractivity (Wildman–Crippen MR) is 148 cm³/mol. The first-order chi connectivity index (χ1) is 18.0. The van der Waals surface area contributed by atoms with Crippen molar-refractivity contribution in [3.63, 3.8) is 0 Å². The summed E-state index contributed by atoms with van der Waals surface area (Å²) in [5, 5.41) is 1.72. The van der Waals surface area contributed by atoms with Crippen molar-refractivity contribution in [3.05, 3.63) is 101 Å². The van der Waals surface area contributed by atoms with Crippen molar-refractivity contribution in [3.8, 4) is 5.75 Å². The van der Waals surface area contributed by atoms with E-state index in [1.807, 2.05) is 60.5 Å². The molecule has 4 aromatic rings. The molecule has 0 radical (unpaired) electrons. The number of benzene rings is 3. The van der Waals surface area contributed by atoms with Gasteiger partial charge in [0.05, 0.1) is 7.11 Å². The molecule has 0 aliphatic heterocycles. The van der Waals surface area contributed by atoms with Gasteiger partial charge in [-0.25, -0.2) is 0 Å². The number of aromatic nitrogens is 1. The van der Waals surface area contributed by atoms with Gasteiger partial charge in [-0.15, -0.1) is 0 Å². The molecule has 4 rings (SSSR count). The van der Waals surface area contributed by atoms with Crippen LogP contribution in [0, 0.1) is 0 Å². The Morgan fingerprint density at radius 3 is 2.38 bits per heavy atom. The Hall–Kier alpha value is -3.77. The first-order valence-electron chi connectivity index (χ1n) is 12.5. The molecule has 0 atom stereocenters. The number of rotatable bonds is 11. The molecular weight excluding hydrogens is 486 g/mol. The normalized spacial score (nSPS) is 10.9. The monoisotopic (exact) mass is 517 g/mol. The Morgan fingerprint density at radius 2 is 1.62 bits per heavy atom. The van der Waals surface area contributed by atoms with E-state index >= 15 is 0 Å². The SMILES string of the molecule is CCCN(CC(=O)N(CCc1c[nH]c2ccccc12)Cc1ccccc1OC)C(=O)c1ccc(Cl)cc1. The lowest BCUT2D eigenvalue weighted by molar-refractivity contribution is -0.132. The zero-order valence-corrected chi connectivity index (χ0v) is 22.0. The molecule has 0 saturated carbocycles. The van der Waals surface area contributed by atoms with Gasteiger partial charge in [-0.05, 0) is 54.8 Å². The van der Waals surface area contributed by atoms with Crippen LogP contribution >= 0.6 is 11.6 Å². The van der Waals surface area contributed by atoms with Crippen molar-refractivity contribution in [2.75, 3.05) is 26.7 Å². The van der Waals surface area contributed by atoms with E-state index in [9.17, 15) is 9.59 Å². The van der Waals surface area contributed by atoms with E-state index in [1.165, 1.54) is 0 Å². The summed E-state index contributed by atoms with van der Waals surface area (Å²) in [6.45, 7) is 3.38. The second-order valence-corrected chi connectivity index (χ2v) is 9.41. The Morgan fingerprint density at radius 1 is 0.892 bits per heavy atom. The maximum absolute atomic E-state index is 13.7. The van der Waals surface area contributed by atoms with E-state index < -0.39 is 0 Å². The molecule has 0 spiro atoms. The van der Waals surface area contributed by atoms with Gasteiger partial charge >= 0.3 is 0 Å². The smallest absolute Gasteiger partial charge is 0.254 e. The molecule has 0 unspecified atom stereocenters. The number of carbonyl (C=O) groups is 2. The Kier molecular flexibility index (Phi) is 8.86. The van der Waals surface area contributed by atoms with Gasteiger partial charge in [0.2, 0.25) is 5.91 Å². The van der Waals surface area contributed by atoms with Gasteiger partial charge in [-0.3, -0.25) is 9.59 Å². The van der Waals surface area contributed by atoms with Crippen LogP contribution in [0.4, 0.5) is 0 Å². The van der Waals surface area contributed by atoms with E-state index in [0.717, 1.165) is 34.2 Å². The van der Waals surface area contributed by atoms with Crippen molar-refractivity contribution in [1.82, 2.24) is 14.8 Å². The second-order valence-electron chi connectivity index (χ2n) is 8.97. The van der Waals surface area contributed by atoms with E-state index in [2.05, 4.69) is 11.1 Å². The third kappa shape index (κ3) is 6.52. The number of carbonyl (C=O) groups excluding carboxylic acids is 2. The highest BCUT2D eigenvalue weighted by Gasteiger charge is 2.23. The fourth-order valence-electron chi connectivity index (χ4n) is 4.49. The fraction of sp³-hybridized carbons (Fsp3) is 0.267. The van der Waals surface area contributed by atoms with Gasteiger partial charge in [0.15, 0.2) is 0 Å². The van der Waals surface area contributed by atoms with Crippen LogP contribution < -0.4 is 4.74 Å². The molecule has 192 valence electrons. The van der Waals surface area contributed by atoms with Gasteiger partial charge in [-0.1, -0.05) is 54.9 Å². The second kappa shape index (κ2) is 12.5. The van der Waals surface area contributed by atoms with Crippen LogP contribution in [0.15, 0.2) is 79.0 Å². The molecule has 2 amide bonds. The summed E-state index contributed by atoms with van der Waals surface area (Å²) < 4.78 is 5.54. The minimum absolute atomic E-state index is 0.00165. The Balaban J connectivity index is 1.56. The summed E-state index contributed by atoms with van der Waals surface area (Å²) in [5.74, 6) is 0.442. The van der Waals surface area contributed by atoms with Crippen LogP contribution in [0.1, 0.15) is 34.8 Å². The molecule has 1 N–H and O–H groups in total. The highest BCUT2D eigenvalue weighted by Crippen LogP contribution is 2.22. The molecule has 0 bridgehead atoms. The molecule has 0 aliphatic rings. The largest absolute Gasteiger partial charge is 0.496 e. The maximum Gasteiger partial charge on any atom is 0.254 e. The van der Waals surface area contributed by atoms with Gasteiger partial charge in [0.25, 0.3) is 5.91 Å². The predicted octanol–water partition coefficient (Wildman–Crippen LogP) is 5.95. The van der Waals surface area contributed by atoms with Crippen LogP contribution in [0.3, 0.4) is 0 Å². The number of aromatic amines is 1. The number of nitrogens with one attached hydrogen (secondary N) is 1. The fourth-order valence-corrected chi connectivity index (χ4v) is 4.61. The van der Waals surface area contributed by atoms with Crippen molar-refractivity contribution < 1.29 is 14.3 Å². The highest BCUT2D eigenvalue weighted by molar-refractivity contribution is 6.30. The number of H-pyrrole nitrogens is 1. The van der Waals surface area contributed by atoms with E-state index in [0.29, 0.717) is 36.6 Å². The first-order valence-corrected chi connectivity index (χ1v) is 12.9. The lowest BCUT2D eigenvalue weighted by Crippen LogP contribution is -2.43. The first kappa shape index (κ1) is 26.3. The van der Waals surface area contributed by atoms with E-state index in [-0.39, 0.29) is 18.4 Å². The van der Waals surface area contributed by atoms with Gasteiger partial charge in [0.1, 0.15) is 12.3 Å². The Bertz CT molecular complexity index is 1350. The number of amides is 2. The number of fused-ring (bicyclic) bond motifs is 1. The van der Waals surface area contributed by atoms with Crippen molar-refractivity contribution >= 4 is 34.3 Å². The van der Waals surface area contributed by atoms with Crippen LogP contribution in [-0.4, -0.2) is 53.3 Å². The van der Waals surface area contributed by atoms with Crippen LogP contribution in [-0.2, 0) is 17.8 Å². The summed E-state index contributed by atoms with van der Waals surface area (Å²) in [6, 6.07) is 22.6. The van der Waals surface area contributed by atoms with Crippen LogP contribution in [0.5, 0.6) is 5.75 Å². The topological polar surface area (TPSA) is 65.6 Å². The lowest BCUT2D eigenvalue weighted by Gasteiger charge is -2.28. The number of halogens is 1. The van der Waals surface area contributed by atoms with Crippen LogP contribution in [0.25, 0.3) is 10.9 Å². The average Bonchev–Trinajstić information content (AvgIpc) is 3.34. The van der Waals surface area contributed by atoms with Crippen LogP contribution in [0.2, 0.25) is 5.02 Å². The molecule has 3 aromatic carbocycles. The summed E-state index contributed by atoms with van der Waals surface area (Å²) in [4.78, 5) is 33.7. The van der Waals surface area contributed by atoms with Crippen molar-refractivity contribution in [2.24, 2.45) is 0 Å². The third-order valence-electron chi connectivity index (χ3n) is 6.43. The van der Waals surface area contributed by atoms with Crippen molar-refractivity contribution in [1.29, 1.82) is 0 Å². The number of ether oxygens (including phenoxy) is 1.